The van der Waals surface area contributed by atoms with Crippen molar-refractivity contribution in [2.75, 3.05) is 18.6 Å². The molecule has 0 fully saturated rings. The number of hydrogen-bond donors (Lipinski definition) is 1. The van der Waals surface area contributed by atoms with Crippen LogP contribution in [0.15, 0.2) is 59.1 Å². The first kappa shape index (κ1) is 17.7. The van der Waals surface area contributed by atoms with E-state index in [1.54, 1.807) is 42.5 Å². The quantitative estimate of drug-likeness (QED) is 0.844. The number of carbonyl (C=O) groups is 1. The molecule has 0 saturated heterocycles. The number of para-hydroxylation sites is 1. The molecule has 23 heavy (non-hydrogen) atoms. The zero-order valence-electron chi connectivity index (χ0n) is 12.7. The fourth-order valence-electron chi connectivity index (χ4n) is 2.12. The van der Waals surface area contributed by atoms with Gasteiger partial charge in [-0.15, -0.1) is 0 Å². The summed E-state index contributed by atoms with van der Waals surface area (Å²) in [6.45, 7) is 0. The standard InChI is InChI=1S/C16H17BrN2O3S/c1-19(23(2,21)22)15(12-8-4-3-5-9-12)16(20)18-14-11-7-6-10-13(14)17/h3-11,15H,1-2H3,(H,18,20)/t15-/m0/s1. The number of nitrogens with one attached hydrogen (secondary N) is 1. The molecule has 1 amide bonds. The summed E-state index contributed by atoms with van der Waals surface area (Å²) < 4.78 is 25.6. The zero-order chi connectivity index (χ0) is 17.0. The highest BCUT2D eigenvalue weighted by Gasteiger charge is 2.30. The van der Waals surface area contributed by atoms with Gasteiger partial charge in [0.25, 0.3) is 0 Å². The Bertz CT molecular complexity index is 794. The van der Waals surface area contributed by atoms with E-state index in [4.69, 9.17) is 0 Å². The molecule has 0 unspecified atom stereocenters. The second-order valence-corrected chi connectivity index (χ2v) is 7.96. The molecule has 0 saturated carbocycles. The highest BCUT2D eigenvalue weighted by Crippen LogP contribution is 2.26. The molecule has 0 radical (unpaired) electrons. The molecule has 7 heteroatoms. The van der Waals surface area contributed by atoms with Gasteiger partial charge in [-0.25, -0.2) is 8.42 Å². The third-order valence-electron chi connectivity index (χ3n) is 3.38. The lowest BCUT2D eigenvalue weighted by Gasteiger charge is -2.25. The van der Waals surface area contributed by atoms with Crippen LogP contribution in [0.3, 0.4) is 0 Å². The molecular weight excluding hydrogens is 380 g/mol. The van der Waals surface area contributed by atoms with Gasteiger partial charge in [0.1, 0.15) is 6.04 Å². The molecule has 2 aromatic carbocycles. The van der Waals surface area contributed by atoms with E-state index < -0.39 is 22.0 Å². The summed E-state index contributed by atoms with van der Waals surface area (Å²) in [7, 11) is -2.14. The van der Waals surface area contributed by atoms with Crippen LogP contribution in [-0.2, 0) is 14.8 Å². The third-order valence-corrected chi connectivity index (χ3v) is 5.33. The number of halogens is 1. The summed E-state index contributed by atoms with van der Waals surface area (Å²) >= 11 is 3.36. The summed E-state index contributed by atoms with van der Waals surface area (Å²) in [4.78, 5) is 12.7. The van der Waals surface area contributed by atoms with Crippen LogP contribution < -0.4 is 5.32 Å². The van der Waals surface area contributed by atoms with Crippen LogP contribution in [0.25, 0.3) is 0 Å². The molecule has 1 atom stereocenters. The summed E-state index contributed by atoms with van der Waals surface area (Å²) in [5.41, 5.74) is 1.19. The first-order valence-corrected chi connectivity index (χ1v) is 9.48. The summed E-state index contributed by atoms with van der Waals surface area (Å²) in [5, 5.41) is 2.77. The third kappa shape index (κ3) is 4.40. The average molecular weight is 397 g/mol. The SMILES string of the molecule is CN([C@H](C(=O)Nc1ccccc1Br)c1ccccc1)S(C)(=O)=O. The van der Waals surface area contributed by atoms with E-state index in [1.165, 1.54) is 7.05 Å². The monoisotopic (exact) mass is 396 g/mol. The van der Waals surface area contributed by atoms with E-state index >= 15 is 0 Å². The van der Waals surface area contributed by atoms with E-state index in [2.05, 4.69) is 21.2 Å². The Morgan fingerprint density at radius 2 is 1.65 bits per heavy atom. The normalized spacial score (nSPS) is 12.9. The van der Waals surface area contributed by atoms with Crippen molar-refractivity contribution in [1.29, 1.82) is 0 Å². The number of rotatable bonds is 5. The molecule has 1 N–H and O–H groups in total. The first-order chi connectivity index (χ1) is 10.8. The second-order valence-electron chi connectivity index (χ2n) is 5.06. The van der Waals surface area contributed by atoms with Crippen LogP contribution in [0, 0.1) is 0 Å². The molecule has 2 rings (SSSR count). The van der Waals surface area contributed by atoms with Gasteiger partial charge < -0.3 is 5.32 Å². The van der Waals surface area contributed by atoms with Crippen molar-refractivity contribution < 1.29 is 13.2 Å². The Kier molecular flexibility index (Phi) is 5.56. The molecule has 0 bridgehead atoms. The van der Waals surface area contributed by atoms with Crippen LogP contribution >= 0.6 is 15.9 Å². The zero-order valence-corrected chi connectivity index (χ0v) is 15.1. The number of carbonyl (C=O) groups excluding carboxylic acids is 1. The van der Waals surface area contributed by atoms with E-state index in [0.29, 0.717) is 11.3 Å². The van der Waals surface area contributed by atoms with Gasteiger partial charge in [0, 0.05) is 11.5 Å². The highest BCUT2D eigenvalue weighted by molar-refractivity contribution is 9.10. The van der Waals surface area contributed by atoms with Gasteiger partial charge in [0.05, 0.1) is 11.9 Å². The summed E-state index contributed by atoms with van der Waals surface area (Å²) in [6.07, 6.45) is 1.08. The first-order valence-electron chi connectivity index (χ1n) is 6.84. The molecule has 2 aromatic rings. The van der Waals surface area contributed by atoms with E-state index in [0.717, 1.165) is 15.0 Å². The lowest BCUT2D eigenvalue weighted by Crippen LogP contribution is -2.38. The Balaban J connectivity index is 2.38. The minimum absolute atomic E-state index is 0.420. The van der Waals surface area contributed by atoms with Crippen LogP contribution in [0.2, 0.25) is 0 Å². The van der Waals surface area contributed by atoms with Crippen LogP contribution in [0.4, 0.5) is 5.69 Å². The van der Waals surface area contributed by atoms with Gasteiger partial charge in [-0.2, -0.15) is 4.31 Å². The topological polar surface area (TPSA) is 66.5 Å². The van der Waals surface area contributed by atoms with Crippen molar-refractivity contribution in [3.05, 3.63) is 64.6 Å². The number of amides is 1. The fourth-order valence-corrected chi connectivity index (χ4v) is 3.10. The Hall–Kier alpha value is -1.70. The van der Waals surface area contributed by atoms with Gasteiger partial charge in [0.15, 0.2) is 0 Å². The molecular formula is C16H17BrN2O3S. The molecule has 0 aliphatic carbocycles. The summed E-state index contributed by atoms with van der Waals surface area (Å²) in [5.74, 6) is -0.420. The molecule has 122 valence electrons. The maximum atomic E-state index is 12.7. The minimum atomic E-state index is -3.54. The second kappa shape index (κ2) is 7.25. The fraction of sp³-hybridized carbons (Fsp3) is 0.188. The van der Waals surface area contributed by atoms with E-state index in [1.807, 2.05) is 12.1 Å². The van der Waals surface area contributed by atoms with E-state index in [9.17, 15) is 13.2 Å². The number of hydrogen-bond acceptors (Lipinski definition) is 3. The predicted molar refractivity (Wildman–Crippen MR) is 94.6 cm³/mol. The van der Waals surface area contributed by atoms with Crippen molar-refractivity contribution in [1.82, 2.24) is 4.31 Å². The number of nitrogens with zero attached hydrogens (tertiary/aromatic N) is 1. The van der Waals surface area contributed by atoms with Crippen molar-refractivity contribution in [3.8, 4) is 0 Å². The number of anilines is 1. The van der Waals surface area contributed by atoms with Crippen molar-refractivity contribution in [3.63, 3.8) is 0 Å². The van der Waals surface area contributed by atoms with Crippen LogP contribution in [-0.4, -0.2) is 31.9 Å². The summed E-state index contributed by atoms with van der Waals surface area (Å²) in [6, 6.07) is 15.0. The molecule has 0 aliphatic heterocycles. The van der Waals surface area contributed by atoms with Gasteiger partial charge in [-0.3, -0.25) is 4.79 Å². The maximum Gasteiger partial charge on any atom is 0.247 e. The largest absolute Gasteiger partial charge is 0.323 e. The molecule has 0 heterocycles. The molecule has 0 aliphatic rings. The Morgan fingerprint density at radius 3 is 2.22 bits per heavy atom. The highest BCUT2D eigenvalue weighted by atomic mass is 79.9. The smallest absolute Gasteiger partial charge is 0.247 e. The average Bonchev–Trinajstić information content (AvgIpc) is 2.50. The number of sulfonamides is 1. The maximum absolute atomic E-state index is 12.7. The number of likely N-dealkylation sites (N-methyl/N-ethyl adjacent to an activating group) is 1. The minimum Gasteiger partial charge on any atom is -0.323 e. The van der Waals surface area contributed by atoms with Gasteiger partial charge in [0.2, 0.25) is 15.9 Å². The molecule has 0 spiro atoms. The lowest BCUT2D eigenvalue weighted by molar-refractivity contribution is -0.119. The van der Waals surface area contributed by atoms with Crippen molar-refractivity contribution in [2.24, 2.45) is 0 Å². The molecule has 5 nitrogen and oxygen atoms in total. The van der Waals surface area contributed by atoms with Gasteiger partial charge in [-0.1, -0.05) is 42.5 Å². The lowest BCUT2D eigenvalue weighted by atomic mass is 10.1. The van der Waals surface area contributed by atoms with Crippen LogP contribution in [0.5, 0.6) is 0 Å². The number of benzene rings is 2. The van der Waals surface area contributed by atoms with Crippen molar-refractivity contribution in [2.45, 2.75) is 6.04 Å². The van der Waals surface area contributed by atoms with Crippen LogP contribution in [0.1, 0.15) is 11.6 Å². The Labute approximate surface area is 144 Å². The van der Waals surface area contributed by atoms with Gasteiger partial charge >= 0.3 is 0 Å². The Morgan fingerprint density at radius 1 is 1.09 bits per heavy atom. The predicted octanol–water partition coefficient (Wildman–Crippen LogP) is 3.02. The van der Waals surface area contributed by atoms with Crippen molar-refractivity contribution >= 4 is 37.5 Å². The van der Waals surface area contributed by atoms with E-state index in [-0.39, 0.29) is 0 Å². The molecule has 0 aromatic heterocycles. The van der Waals surface area contributed by atoms with Gasteiger partial charge in [-0.05, 0) is 33.6 Å².